The molecule has 1 aromatic carbocycles. The number of likely N-dealkylation sites (N-methyl/N-ethyl adjacent to an activating group) is 1. The molecule has 0 spiro atoms. The molecule has 0 aliphatic rings. The van der Waals surface area contributed by atoms with Crippen molar-refractivity contribution in [3.05, 3.63) is 33.9 Å². The maximum absolute atomic E-state index is 11.1. The molecular weight excluding hydrogens is 276 g/mol. The van der Waals surface area contributed by atoms with Gasteiger partial charge in [-0.3, -0.25) is 14.9 Å². The van der Waals surface area contributed by atoms with Crippen molar-refractivity contribution < 1.29 is 19.6 Å². The van der Waals surface area contributed by atoms with Crippen LogP contribution in [-0.2, 0) is 4.79 Å². The molecule has 0 aliphatic heterocycles. The van der Waals surface area contributed by atoms with Crippen molar-refractivity contribution in [3.63, 3.8) is 0 Å². The van der Waals surface area contributed by atoms with Gasteiger partial charge in [-0.15, -0.1) is 0 Å². The molecule has 0 bridgehead atoms. The van der Waals surface area contributed by atoms with E-state index in [0.717, 1.165) is 0 Å². The Hall–Kier alpha value is -2.15. The predicted molar refractivity (Wildman–Crippen MR) is 77.7 cm³/mol. The van der Waals surface area contributed by atoms with Crippen LogP contribution in [0.4, 0.5) is 5.69 Å². The molecule has 1 rings (SSSR count). The van der Waals surface area contributed by atoms with E-state index >= 15 is 0 Å². The molecule has 1 unspecified atom stereocenters. The molecule has 116 valence electrons. The molecule has 0 saturated heterocycles. The average molecular weight is 296 g/mol. The number of hydrogen-bond donors (Lipinski definition) is 2. The number of carboxylic acid groups (broad SMARTS) is 1. The zero-order chi connectivity index (χ0) is 16.0. The number of carbonyl (C=O) groups is 1. The first-order chi connectivity index (χ1) is 9.80. The maximum Gasteiger partial charge on any atom is 0.323 e. The number of benzene rings is 1. The molecule has 2 N–H and O–H groups in total. The van der Waals surface area contributed by atoms with Gasteiger partial charge in [-0.25, -0.2) is 0 Å². The Morgan fingerprint density at radius 1 is 1.52 bits per heavy atom. The summed E-state index contributed by atoms with van der Waals surface area (Å²) >= 11 is 0. The van der Waals surface area contributed by atoms with Crippen LogP contribution >= 0.6 is 0 Å². The second-order valence-electron chi connectivity index (χ2n) is 5.04. The van der Waals surface area contributed by atoms with Crippen molar-refractivity contribution >= 4 is 11.7 Å². The average Bonchev–Trinajstić information content (AvgIpc) is 2.42. The molecule has 0 aromatic heterocycles. The fraction of sp³-hybridized carbons (Fsp3) is 0.500. The number of nitrogens with zero attached hydrogens (tertiary/aromatic N) is 1. The van der Waals surface area contributed by atoms with E-state index in [4.69, 9.17) is 9.84 Å². The smallest absolute Gasteiger partial charge is 0.323 e. The quantitative estimate of drug-likeness (QED) is 0.433. The van der Waals surface area contributed by atoms with Crippen LogP contribution in [0.2, 0.25) is 0 Å². The van der Waals surface area contributed by atoms with E-state index in [-0.39, 0.29) is 5.69 Å². The van der Waals surface area contributed by atoms with E-state index in [0.29, 0.717) is 30.8 Å². The first-order valence-electron chi connectivity index (χ1n) is 6.60. The third-order valence-corrected chi connectivity index (χ3v) is 3.48. The van der Waals surface area contributed by atoms with Crippen molar-refractivity contribution in [1.82, 2.24) is 5.32 Å². The summed E-state index contributed by atoms with van der Waals surface area (Å²) in [5.74, 6) is -0.365. The Morgan fingerprint density at radius 2 is 2.19 bits per heavy atom. The fourth-order valence-corrected chi connectivity index (χ4v) is 1.88. The van der Waals surface area contributed by atoms with Gasteiger partial charge >= 0.3 is 5.97 Å². The van der Waals surface area contributed by atoms with Crippen LogP contribution in [0.3, 0.4) is 0 Å². The molecular formula is C14H20N2O5. The molecule has 7 nitrogen and oxygen atoms in total. The highest BCUT2D eigenvalue weighted by atomic mass is 16.6. The van der Waals surface area contributed by atoms with E-state index in [1.165, 1.54) is 6.07 Å². The second-order valence-corrected chi connectivity index (χ2v) is 5.04. The van der Waals surface area contributed by atoms with Gasteiger partial charge in [0.25, 0.3) is 5.69 Å². The SMILES string of the molecule is CNC(C)(CCCOc1ccc([N+](=O)[O-])c(C)c1)C(=O)O. The number of rotatable bonds is 8. The first-order valence-corrected chi connectivity index (χ1v) is 6.60. The minimum atomic E-state index is -0.977. The molecule has 0 amide bonds. The largest absolute Gasteiger partial charge is 0.494 e. The second kappa shape index (κ2) is 7.03. The van der Waals surface area contributed by atoms with Crippen LogP contribution in [0.25, 0.3) is 0 Å². The monoisotopic (exact) mass is 296 g/mol. The van der Waals surface area contributed by atoms with E-state index < -0.39 is 16.4 Å². The highest BCUT2D eigenvalue weighted by Crippen LogP contribution is 2.23. The van der Waals surface area contributed by atoms with Crippen molar-refractivity contribution in [2.45, 2.75) is 32.2 Å². The number of aliphatic carboxylic acids is 1. The van der Waals surface area contributed by atoms with Gasteiger partial charge in [0.15, 0.2) is 0 Å². The number of aryl methyl sites for hydroxylation is 1. The topological polar surface area (TPSA) is 102 Å². The summed E-state index contributed by atoms with van der Waals surface area (Å²) < 4.78 is 5.50. The van der Waals surface area contributed by atoms with E-state index in [2.05, 4.69) is 5.32 Å². The summed E-state index contributed by atoms with van der Waals surface area (Å²) in [7, 11) is 1.61. The first kappa shape index (κ1) is 16.9. The highest BCUT2D eigenvalue weighted by molar-refractivity contribution is 5.78. The lowest BCUT2D eigenvalue weighted by Crippen LogP contribution is -2.47. The number of nitro benzene ring substituents is 1. The fourth-order valence-electron chi connectivity index (χ4n) is 1.88. The maximum atomic E-state index is 11.1. The summed E-state index contributed by atoms with van der Waals surface area (Å²) in [5, 5.41) is 22.6. The van der Waals surface area contributed by atoms with Crippen LogP contribution < -0.4 is 10.1 Å². The lowest BCUT2D eigenvalue weighted by atomic mass is 9.96. The van der Waals surface area contributed by atoms with Crippen molar-refractivity contribution in [2.75, 3.05) is 13.7 Å². The highest BCUT2D eigenvalue weighted by Gasteiger charge is 2.30. The molecule has 21 heavy (non-hydrogen) atoms. The summed E-state index contributed by atoms with van der Waals surface area (Å²) in [6.07, 6.45) is 0.977. The minimum absolute atomic E-state index is 0.0518. The van der Waals surface area contributed by atoms with E-state index in [9.17, 15) is 14.9 Å². The summed E-state index contributed by atoms with van der Waals surface area (Å²) in [5.41, 5.74) is -0.395. The number of carboxylic acids is 1. The summed E-state index contributed by atoms with van der Waals surface area (Å²) in [4.78, 5) is 21.4. The molecule has 1 atom stereocenters. The Morgan fingerprint density at radius 3 is 2.67 bits per heavy atom. The Kier molecular flexibility index (Phi) is 5.66. The third-order valence-electron chi connectivity index (χ3n) is 3.48. The molecule has 0 fully saturated rings. The lowest BCUT2D eigenvalue weighted by molar-refractivity contribution is -0.385. The van der Waals surface area contributed by atoms with E-state index in [1.54, 1.807) is 33.0 Å². The number of nitro groups is 1. The number of ether oxygens (including phenoxy) is 1. The van der Waals surface area contributed by atoms with Gasteiger partial charge in [0, 0.05) is 11.6 Å². The predicted octanol–water partition coefficient (Wildman–Crippen LogP) is 2.12. The van der Waals surface area contributed by atoms with E-state index in [1.807, 2.05) is 0 Å². The molecule has 0 saturated carbocycles. The van der Waals surface area contributed by atoms with Crippen LogP contribution in [0, 0.1) is 17.0 Å². The molecule has 1 aromatic rings. The Labute approximate surface area is 123 Å². The number of nitrogens with one attached hydrogen (secondary N) is 1. The van der Waals surface area contributed by atoms with Gasteiger partial charge in [0.2, 0.25) is 0 Å². The van der Waals surface area contributed by atoms with Crippen LogP contribution in [0.5, 0.6) is 5.75 Å². The third kappa shape index (κ3) is 4.42. The lowest BCUT2D eigenvalue weighted by Gasteiger charge is -2.23. The zero-order valence-electron chi connectivity index (χ0n) is 12.4. The minimum Gasteiger partial charge on any atom is -0.494 e. The standard InChI is InChI=1S/C14H20N2O5/c1-10-9-11(5-6-12(10)16(19)20)21-8-4-7-14(2,15-3)13(17)18/h5-6,9,15H,4,7-8H2,1-3H3,(H,17,18). The molecule has 0 heterocycles. The Bertz CT molecular complexity index is 532. The van der Waals surface area contributed by atoms with Gasteiger partial charge in [0.05, 0.1) is 11.5 Å². The van der Waals surface area contributed by atoms with Crippen LogP contribution in [0.15, 0.2) is 18.2 Å². The summed E-state index contributed by atoms with van der Waals surface area (Å²) in [6, 6.07) is 4.55. The molecule has 0 aliphatic carbocycles. The molecule has 0 radical (unpaired) electrons. The van der Waals surface area contributed by atoms with Crippen LogP contribution in [0.1, 0.15) is 25.3 Å². The van der Waals surface area contributed by atoms with Crippen molar-refractivity contribution in [3.8, 4) is 5.75 Å². The van der Waals surface area contributed by atoms with Gasteiger partial charge in [-0.2, -0.15) is 0 Å². The molecule has 7 heteroatoms. The van der Waals surface area contributed by atoms with Gasteiger partial charge in [-0.05, 0) is 45.9 Å². The van der Waals surface area contributed by atoms with Crippen LogP contribution in [-0.4, -0.2) is 35.2 Å². The van der Waals surface area contributed by atoms with Crippen molar-refractivity contribution in [2.24, 2.45) is 0 Å². The summed E-state index contributed by atoms with van der Waals surface area (Å²) in [6.45, 7) is 3.61. The van der Waals surface area contributed by atoms with Gasteiger partial charge in [-0.1, -0.05) is 0 Å². The van der Waals surface area contributed by atoms with Gasteiger partial charge < -0.3 is 15.2 Å². The van der Waals surface area contributed by atoms with Crippen molar-refractivity contribution in [1.29, 1.82) is 0 Å². The van der Waals surface area contributed by atoms with Gasteiger partial charge in [0.1, 0.15) is 11.3 Å². The normalized spacial score (nSPS) is 13.5. The Balaban J connectivity index is 2.52. The zero-order valence-corrected chi connectivity index (χ0v) is 12.4. The number of hydrogen-bond acceptors (Lipinski definition) is 5.